The molecular formula is C22H24N6O2. The number of primary amides is 1. The van der Waals surface area contributed by atoms with Gasteiger partial charge in [-0.2, -0.15) is 5.10 Å². The van der Waals surface area contributed by atoms with E-state index in [9.17, 15) is 9.59 Å². The Bertz CT molecular complexity index is 980. The number of piperidine rings is 1. The Kier molecular flexibility index (Phi) is 4.69. The first-order valence-electron chi connectivity index (χ1n) is 10.4. The largest absolute Gasteiger partial charge is 0.364 e. The number of hydrazone groups is 1. The number of carbonyl (C=O) groups excluding carboxylic acids is 2. The highest BCUT2D eigenvalue weighted by Gasteiger charge is 2.49. The van der Waals surface area contributed by atoms with Gasteiger partial charge in [-0.3, -0.25) is 9.59 Å². The molecule has 5 rings (SSSR count). The molecule has 8 nitrogen and oxygen atoms in total. The summed E-state index contributed by atoms with van der Waals surface area (Å²) < 4.78 is 0. The summed E-state index contributed by atoms with van der Waals surface area (Å²) in [5.41, 5.74) is 6.69. The van der Waals surface area contributed by atoms with Gasteiger partial charge in [0.25, 0.3) is 5.91 Å². The molecule has 2 aliphatic heterocycles. The predicted molar refractivity (Wildman–Crippen MR) is 112 cm³/mol. The quantitative estimate of drug-likeness (QED) is 0.839. The van der Waals surface area contributed by atoms with Crippen LogP contribution in [0.25, 0.3) is 0 Å². The molecule has 2 fully saturated rings. The molecule has 2 amide bonds. The molecule has 2 N–H and O–H groups in total. The van der Waals surface area contributed by atoms with Crippen molar-refractivity contribution in [1.82, 2.24) is 15.0 Å². The minimum absolute atomic E-state index is 0.0175. The summed E-state index contributed by atoms with van der Waals surface area (Å²) in [5, 5.41) is 6.15. The van der Waals surface area contributed by atoms with Crippen molar-refractivity contribution in [1.29, 1.82) is 0 Å². The molecule has 1 saturated carbocycles. The van der Waals surface area contributed by atoms with Crippen molar-refractivity contribution in [2.45, 2.75) is 25.3 Å². The van der Waals surface area contributed by atoms with E-state index in [4.69, 9.17) is 5.73 Å². The normalized spacial score (nSPS) is 27.5. The first kappa shape index (κ1) is 18.7. The third kappa shape index (κ3) is 3.22. The summed E-state index contributed by atoms with van der Waals surface area (Å²) >= 11 is 0. The van der Waals surface area contributed by atoms with Gasteiger partial charge in [-0.1, -0.05) is 30.3 Å². The Hall–Kier alpha value is -3.29. The van der Waals surface area contributed by atoms with Gasteiger partial charge >= 0.3 is 0 Å². The zero-order valence-corrected chi connectivity index (χ0v) is 16.6. The Morgan fingerprint density at radius 2 is 1.77 bits per heavy atom. The fourth-order valence-electron chi connectivity index (χ4n) is 5.20. The van der Waals surface area contributed by atoms with E-state index in [0.29, 0.717) is 5.82 Å². The molecule has 3 atom stereocenters. The lowest BCUT2D eigenvalue weighted by molar-refractivity contribution is -0.140. The number of nitrogens with two attached hydrogens (primary N) is 1. The molecule has 2 aromatic rings. The van der Waals surface area contributed by atoms with Crippen LogP contribution in [0.15, 0.2) is 47.8 Å². The zero-order valence-electron chi connectivity index (χ0n) is 16.6. The van der Waals surface area contributed by atoms with Crippen LogP contribution < -0.4 is 10.6 Å². The topological polar surface area (TPSA) is 105 Å². The fourth-order valence-corrected chi connectivity index (χ4v) is 5.20. The monoisotopic (exact) mass is 404 g/mol. The van der Waals surface area contributed by atoms with Crippen molar-refractivity contribution >= 4 is 23.8 Å². The van der Waals surface area contributed by atoms with Gasteiger partial charge in [0.1, 0.15) is 17.8 Å². The van der Waals surface area contributed by atoms with E-state index in [-0.39, 0.29) is 35.4 Å². The highest BCUT2D eigenvalue weighted by Crippen LogP contribution is 2.45. The van der Waals surface area contributed by atoms with Crippen LogP contribution in [0.1, 0.15) is 41.4 Å². The summed E-state index contributed by atoms with van der Waals surface area (Å²) in [6, 6.07) is 11.7. The summed E-state index contributed by atoms with van der Waals surface area (Å²) in [4.78, 5) is 35.4. The average molecular weight is 404 g/mol. The van der Waals surface area contributed by atoms with Gasteiger partial charge in [-0.25, -0.2) is 15.0 Å². The lowest BCUT2D eigenvalue weighted by atomic mass is 9.83. The van der Waals surface area contributed by atoms with E-state index in [1.807, 2.05) is 24.4 Å². The molecule has 1 aromatic carbocycles. The summed E-state index contributed by atoms with van der Waals surface area (Å²) in [7, 11) is 0. The average Bonchev–Trinajstić information content (AvgIpc) is 3.36. The SMILES string of the molecule is NC(=O)c1cc(N2CC3CCC(C2)C3C(=O)N2N=CCC2c2ccccc2)ncn1. The van der Waals surface area contributed by atoms with Gasteiger partial charge in [0, 0.05) is 37.7 Å². The van der Waals surface area contributed by atoms with Crippen molar-refractivity contribution in [3.8, 4) is 0 Å². The van der Waals surface area contributed by atoms with Crippen LogP contribution in [-0.4, -0.2) is 46.1 Å². The van der Waals surface area contributed by atoms with Crippen LogP contribution in [0.2, 0.25) is 0 Å². The number of aromatic nitrogens is 2. The molecule has 1 aliphatic carbocycles. The summed E-state index contributed by atoms with van der Waals surface area (Å²) in [6.45, 7) is 1.46. The first-order valence-corrected chi connectivity index (χ1v) is 10.4. The molecule has 154 valence electrons. The van der Waals surface area contributed by atoms with Crippen molar-refractivity contribution in [3.05, 3.63) is 54.0 Å². The maximum absolute atomic E-state index is 13.5. The molecule has 3 unspecified atom stereocenters. The third-order valence-corrected chi connectivity index (χ3v) is 6.59. The third-order valence-electron chi connectivity index (χ3n) is 6.59. The smallest absolute Gasteiger partial charge is 0.267 e. The van der Waals surface area contributed by atoms with Gasteiger partial charge in [-0.15, -0.1) is 0 Å². The molecule has 2 bridgehead atoms. The minimum atomic E-state index is -0.564. The van der Waals surface area contributed by atoms with E-state index in [1.165, 1.54) is 6.33 Å². The lowest BCUT2D eigenvalue weighted by Gasteiger charge is -2.39. The molecule has 1 aromatic heterocycles. The van der Waals surface area contributed by atoms with E-state index in [1.54, 1.807) is 11.1 Å². The van der Waals surface area contributed by atoms with Crippen LogP contribution in [-0.2, 0) is 4.79 Å². The molecule has 30 heavy (non-hydrogen) atoms. The highest BCUT2D eigenvalue weighted by molar-refractivity contribution is 5.91. The Morgan fingerprint density at radius 3 is 2.47 bits per heavy atom. The number of hydrogen-bond donors (Lipinski definition) is 1. The molecule has 0 radical (unpaired) electrons. The molecule has 0 spiro atoms. The summed E-state index contributed by atoms with van der Waals surface area (Å²) in [5.74, 6) is 0.727. The van der Waals surface area contributed by atoms with Crippen LogP contribution in [0.4, 0.5) is 5.82 Å². The van der Waals surface area contributed by atoms with Gasteiger partial charge < -0.3 is 10.6 Å². The Balaban J connectivity index is 1.34. The lowest BCUT2D eigenvalue weighted by Crippen LogP contribution is -2.48. The number of benzene rings is 1. The number of carbonyl (C=O) groups is 2. The van der Waals surface area contributed by atoms with E-state index < -0.39 is 5.91 Å². The van der Waals surface area contributed by atoms with Crippen LogP contribution in [0.5, 0.6) is 0 Å². The van der Waals surface area contributed by atoms with Gasteiger partial charge in [0.2, 0.25) is 5.91 Å². The molecular weight excluding hydrogens is 380 g/mol. The number of nitrogens with zero attached hydrogens (tertiary/aromatic N) is 5. The second-order valence-electron chi connectivity index (χ2n) is 8.30. The van der Waals surface area contributed by atoms with Gasteiger partial charge in [0.05, 0.1) is 6.04 Å². The predicted octanol–water partition coefficient (Wildman–Crippen LogP) is 2.00. The Labute approximate surface area is 174 Å². The number of fused-ring (bicyclic) bond motifs is 2. The molecule has 8 heteroatoms. The van der Waals surface area contributed by atoms with Crippen molar-refractivity contribution < 1.29 is 9.59 Å². The highest BCUT2D eigenvalue weighted by atomic mass is 16.2. The number of amides is 2. The summed E-state index contributed by atoms with van der Waals surface area (Å²) in [6.07, 6.45) is 6.00. The zero-order chi connectivity index (χ0) is 20.7. The van der Waals surface area contributed by atoms with Gasteiger partial charge in [-0.05, 0) is 30.2 Å². The van der Waals surface area contributed by atoms with Crippen LogP contribution in [0, 0.1) is 17.8 Å². The van der Waals surface area contributed by atoms with Gasteiger partial charge in [0.15, 0.2) is 0 Å². The second kappa shape index (κ2) is 7.51. The van der Waals surface area contributed by atoms with Crippen molar-refractivity contribution in [2.75, 3.05) is 18.0 Å². The number of anilines is 1. The number of hydrogen-bond acceptors (Lipinski definition) is 6. The first-order chi connectivity index (χ1) is 14.6. The second-order valence-corrected chi connectivity index (χ2v) is 8.30. The fraction of sp³-hybridized carbons (Fsp3) is 0.409. The number of rotatable bonds is 4. The maximum atomic E-state index is 13.5. The van der Waals surface area contributed by atoms with E-state index in [2.05, 4.69) is 32.1 Å². The van der Waals surface area contributed by atoms with E-state index in [0.717, 1.165) is 37.9 Å². The Morgan fingerprint density at radius 1 is 1.03 bits per heavy atom. The maximum Gasteiger partial charge on any atom is 0.267 e. The van der Waals surface area contributed by atoms with Crippen molar-refractivity contribution in [3.63, 3.8) is 0 Å². The minimum Gasteiger partial charge on any atom is -0.364 e. The molecule has 1 saturated heterocycles. The molecule has 3 heterocycles. The standard InChI is InChI=1S/C22H24N6O2/c23-21(29)17-10-19(25-13-24-17)27-11-15-6-7-16(12-27)20(15)22(30)28-18(8-9-26-28)14-4-2-1-3-5-14/h1-5,9-10,13,15-16,18,20H,6-8,11-12H2,(H2,23,29). The van der Waals surface area contributed by atoms with Crippen LogP contribution in [0.3, 0.4) is 0 Å². The van der Waals surface area contributed by atoms with E-state index >= 15 is 0 Å². The van der Waals surface area contributed by atoms with Crippen molar-refractivity contribution in [2.24, 2.45) is 28.6 Å². The van der Waals surface area contributed by atoms with Crippen LogP contribution >= 0.6 is 0 Å². The molecule has 3 aliphatic rings.